The molecule has 0 bridgehead atoms. The number of rotatable bonds is 10. The van der Waals surface area contributed by atoms with Crippen molar-refractivity contribution < 1.29 is 4.39 Å². The van der Waals surface area contributed by atoms with Crippen LogP contribution in [0.5, 0.6) is 0 Å². The lowest BCUT2D eigenvalue weighted by atomic mass is 9.63. The van der Waals surface area contributed by atoms with E-state index < -0.39 is 0 Å². The zero-order valence-corrected chi connectivity index (χ0v) is 21.6. The van der Waals surface area contributed by atoms with Crippen LogP contribution in [0.4, 0.5) is 4.39 Å². The van der Waals surface area contributed by atoms with Crippen LogP contribution >= 0.6 is 0 Å². The minimum atomic E-state index is 0.119. The Morgan fingerprint density at radius 1 is 0.879 bits per heavy atom. The van der Waals surface area contributed by atoms with Crippen LogP contribution in [0.3, 0.4) is 0 Å². The second-order valence-electron chi connectivity index (χ2n) is 11.8. The Morgan fingerprint density at radius 2 is 1.70 bits per heavy atom. The van der Waals surface area contributed by atoms with Gasteiger partial charge < -0.3 is 0 Å². The first-order valence-corrected chi connectivity index (χ1v) is 14.6. The number of hydrogen-bond donors (Lipinski definition) is 0. The average molecular weight is 453 g/mol. The Kier molecular flexibility index (Phi) is 9.51. The molecule has 5 unspecified atom stereocenters. The van der Waals surface area contributed by atoms with Crippen molar-refractivity contribution in [2.24, 2.45) is 23.7 Å². The van der Waals surface area contributed by atoms with Gasteiger partial charge in [-0.25, -0.2) is 4.39 Å². The topological polar surface area (TPSA) is 0 Å². The lowest BCUT2D eigenvalue weighted by Crippen LogP contribution is -2.30. The lowest BCUT2D eigenvalue weighted by Gasteiger charge is -2.42. The predicted molar refractivity (Wildman–Crippen MR) is 140 cm³/mol. The van der Waals surface area contributed by atoms with E-state index in [0.29, 0.717) is 11.8 Å². The summed E-state index contributed by atoms with van der Waals surface area (Å²) in [6.07, 6.45) is 26.8. The summed E-state index contributed by atoms with van der Waals surface area (Å²) < 4.78 is 15.3. The summed E-state index contributed by atoms with van der Waals surface area (Å²) in [5, 5.41) is 0. The molecule has 184 valence electrons. The van der Waals surface area contributed by atoms with Gasteiger partial charge in [0.1, 0.15) is 5.82 Å². The molecule has 3 aliphatic rings. The van der Waals surface area contributed by atoms with Gasteiger partial charge in [0, 0.05) is 0 Å². The van der Waals surface area contributed by atoms with Crippen LogP contribution in [0.1, 0.15) is 133 Å². The highest BCUT2D eigenvalue weighted by atomic mass is 19.1. The van der Waals surface area contributed by atoms with Gasteiger partial charge in [0.05, 0.1) is 0 Å². The first kappa shape index (κ1) is 25.0. The standard InChI is InChI=1S/C32H49F/c1-3-5-7-8-10-12-25-14-16-29-22-30(23-32(33)31(29)20-25)28-18-17-26-19-24(11-9-6-4-2)13-15-27(26)21-28/h4,6,22-28H,3,5,7-21H2,1-2H3/b6-4+. The third kappa shape index (κ3) is 6.73. The van der Waals surface area contributed by atoms with E-state index in [9.17, 15) is 0 Å². The number of halogens is 1. The molecule has 1 heteroatoms. The highest BCUT2D eigenvalue weighted by molar-refractivity contribution is 5.37. The smallest absolute Gasteiger partial charge is 0.126 e. The molecule has 0 heterocycles. The van der Waals surface area contributed by atoms with Gasteiger partial charge in [-0.3, -0.25) is 0 Å². The van der Waals surface area contributed by atoms with Crippen molar-refractivity contribution in [2.45, 2.75) is 129 Å². The van der Waals surface area contributed by atoms with E-state index in [1.165, 1.54) is 107 Å². The maximum Gasteiger partial charge on any atom is 0.126 e. The molecule has 0 spiro atoms. The molecule has 4 rings (SSSR count). The van der Waals surface area contributed by atoms with Crippen LogP contribution < -0.4 is 0 Å². The van der Waals surface area contributed by atoms with Gasteiger partial charge in [-0.05, 0) is 123 Å². The van der Waals surface area contributed by atoms with E-state index in [1.54, 1.807) is 0 Å². The average Bonchev–Trinajstić information content (AvgIpc) is 2.84. The molecule has 2 saturated carbocycles. The van der Waals surface area contributed by atoms with Crippen molar-refractivity contribution in [2.75, 3.05) is 0 Å². The second-order valence-corrected chi connectivity index (χ2v) is 11.8. The van der Waals surface area contributed by atoms with E-state index >= 15 is 4.39 Å². The van der Waals surface area contributed by atoms with Crippen molar-refractivity contribution in [1.82, 2.24) is 0 Å². The Labute approximate surface area is 203 Å². The molecule has 0 N–H and O–H groups in total. The number of benzene rings is 1. The summed E-state index contributed by atoms with van der Waals surface area (Å²) in [6.45, 7) is 4.41. The number of allylic oxidation sites excluding steroid dienone is 2. The van der Waals surface area contributed by atoms with Crippen LogP contribution in [0.2, 0.25) is 0 Å². The molecule has 2 fully saturated rings. The van der Waals surface area contributed by atoms with Gasteiger partial charge >= 0.3 is 0 Å². The van der Waals surface area contributed by atoms with Crippen molar-refractivity contribution in [3.63, 3.8) is 0 Å². The molecular formula is C32H49F. The molecular weight excluding hydrogens is 403 g/mol. The molecule has 0 aromatic heterocycles. The predicted octanol–water partition coefficient (Wildman–Crippen LogP) is 9.95. The van der Waals surface area contributed by atoms with E-state index in [0.717, 1.165) is 36.2 Å². The van der Waals surface area contributed by atoms with Gasteiger partial charge in [0.25, 0.3) is 0 Å². The number of unbranched alkanes of at least 4 members (excludes halogenated alkanes) is 4. The first-order chi connectivity index (χ1) is 16.2. The Morgan fingerprint density at radius 3 is 2.55 bits per heavy atom. The summed E-state index contributed by atoms with van der Waals surface area (Å²) in [4.78, 5) is 0. The summed E-state index contributed by atoms with van der Waals surface area (Å²) in [7, 11) is 0. The lowest BCUT2D eigenvalue weighted by molar-refractivity contribution is 0.115. The maximum absolute atomic E-state index is 15.3. The van der Waals surface area contributed by atoms with Crippen LogP contribution in [-0.2, 0) is 12.8 Å². The molecule has 0 aliphatic heterocycles. The van der Waals surface area contributed by atoms with Crippen molar-refractivity contribution in [3.8, 4) is 0 Å². The molecule has 3 aliphatic carbocycles. The minimum absolute atomic E-state index is 0.119. The molecule has 5 atom stereocenters. The van der Waals surface area contributed by atoms with E-state index in [4.69, 9.17) is 0 Å². The zero-order chi connectivity index (χ0) is 23.0. The molecule has 1 aromatic carbocycles. The second kappa shape index (κ2) is 12.6. The third-order valence-electron chi connectivity index (χ3n) is 9.51. The first-order valence-electron chi connectivity index (χ1n) is 14.6. The van der Waals surface area contributed by atoms with Crippen molar-refractivity contribution in [1.29, 1.82) is 0 Å². The summed E-state index contributed by atoms with van der Waals surface area (Å²) in [5.41, 5.74) is 3.75. The number of hydrogen-bond acceptors (Lipinski definition) is 0. The monoisotopic (exact) mass is 452 g/mol. The van der Waals surface area contributed by atoms with Crippen LogP contribution in [-0.4, -0.2) is 0 Å². The van der Waals surface area contributed by atoms with Crippen LogP contribution in [0.15, 0.2) is 24.3 Å². The van der Waals surface area contributed by atoms with Crippen molar-refractivity contribution >= 4 is 0 Å². The fourth-order valence-corrected chi connectivity index (χ4v) is 7.49. The maximum atomic E-state index is 15.3. The molecule has 1 aromatic rings. The molecule has 0 amide bonds. The highest BCUT2D eigenvalue weighted by Gasteiger charge is 2.36. The van der Waals surface area contributed by atoms with Gasteiger partial charge in [-0.15, -0.1) is 0 Å². The highest BCUT2D eigenvalue weighted by Crippen LogP contribution is 2.49. The third-order valence-corrected chi connectivity index (χ3v) is 9.51. The number of aryl methyl sites for hydroxylation is 1. The molecule has 0 nitrogen and oxygen atoms in total. The van der Waals surface area contributed by atoms with Gasteiger partial charge in [-0.1, -0.05) is 70.1 Å². The fourth-order valence-electron chi connectivity index (χ4n) is 7.49. The van der Waals surface area contributed by atoms with Gasteiger partial charge in [-0.2, -0.15) is 0 Å². The van der Waals surface area contributed by atoms with Gasteiger partial charge in [0.2, 0.25) is 0 Å². The zero-order valence-electron chi connectivity index (χ0n) is 21.6. The minimum Gasteiger partial charge on any atom is -0.207 e. The van der Waals surface area contributed by atoms with Crippen LogP contribution in [0, 0.1) is 29.5 Å². The Bertz CT molecular complexity index is 762. The Balaban J connectivity index is 1.30. The van der Waals surface area contributed by atoms with Crippen LogP contribution in [0.25, 0.3) is 0 Å². The normalized spacial score (nSPS) is 29.7. The Hall–Kier alpha value is -1.11. The SMILES string of the molecule is C/C=C/CCC1CCC2CC(c3cc(F)c4c(c3)CCC(CCCCCCC)C4)CCC2C1. The molecule has 0 saturated heterocycles. The summed E-state index contributed by atoms with van der Waals surface area (Å²) >= 11 is 0. The number of fused-ring (bicyclic) bond motifs is 2. The largest absolute Gasteiger partial charge is 0.207 e. The summed E-state index contributed by atoms with van der Waals surface area (Å²) in [5.74, 6) is 4.19. The summed E-state index contributed by atoms with van der Waals surface area (Å²) in [6, 6.07) is 4.39. The van der Waals surface area contributed by atoms with Crippen molar-refractivity contribution in [3.05, 3.63) is 46.8 Å². The van der Waals surface area contributed by atoms with E-state index in [1.807, 2.05) is 6.07 Å². The van der Waals surface area contributed by atoms with E-state index in [-0.39, 0.29) is 5.82 Å². The quantitative estimate of drug-likeness (QED) is 0.245. The molecule has 0 radical (unpaired) electrons. The molecule has 33 heavy (non-hydrogen) atoms. The fraction of sp³-hybridized carbons (Fsp3) is 0.750. The van der Waals surface area contributed by atoms with E-state index in [2.05, 4.69) is 32.1 Å². The van der Waals surface area contributed by atoms with Gasteiger partial charge in [0.15, 0.2) is 0 Å².